The first-order valence-corrected chi connectivity index (χ1v) is 9.42. The van der Waals surface area contributed by atoms with Gasteiger partial charge in [0, 0.05) is 52.1 Å². The van der Waals surface area contributed by atoms with E-state index in [1.807, 2.05) is 42.4 Å². The average Bonchev–Trinajstić information content (AvgIpc) is 3.11. The zero-order chi connectivity index (χ0) is 20.1. The summed E-state index contributed by atoms with van der Waals surface area (Å²) >= 11 is 6.08. The number of hydrogen-bond donors (Lipinski definition) is 1. The van der Waals surface area contributed by atoms with Crippen LogP contribution in [-0.2, 0) is 16.6 Å². The minimum absolute atomic E-state index is 0.0142. The van der Waals surface area contributed by atoms with Gasteiger partial charge in [-0.2, -0.15) is 5.10 Å². The maximum atomic E-state index is 12.6. The predicted molar refractivity (Wildman–Crippen MR) is 110 cm³/mol. The van der Waals surface area contributed by atoms with Gasteiger partial charge in [-0.1, -0.05) is 23.7 Å². The number of nitrogens with one attached hydrogen (secondary N) is 1. The van der Waals surface area contributed by atoms with Crippen LogP contribution < -0.4 is 10.2 Å². The number of anilines is 1. The third-order valence-corrected chi connectivity index (χ3v) is 4.92. The first-order valence-electron chi connectivity index (χ1n) is 9.04. The molecule has 1 aliphatic heterocycles. The highest BCUT2D eigenvalue weighted by molar-refractivity contribution is 6.30. The highest BCUT2D eigenvalue weighted by Crippen LogP contribution is 2.20. The Kier molecular flexibility index (Phi) is 6.53. The van der Waals surface area contributed by atoms with E-state index in [1.54, 1.807) is 29.9 Å². The number of carbonyl (C=O) groups is 1. The van der Waals surface area contributed by atoms with E-state index in [0.29, 0.717) is 30.6 Å². The number of methoxy groups -OCH3 is 1. The molecule has 150 valence electrons. The molecule has 2 aromatic rings. The molecule has 0 radical (unpaired) electrons. The van der Waals surface area contributed by atoms with Gasteiger partial charge in [-0.15, -0.1) is 0 Å². The number of guanidine groups is 1. The number of amides is 1. The monoisotopic (exact) mass is 404 g/mol. The van der Waals surface area contributed by atoms with E-state index in [0.717, 1.165) is 11.3 Å². The number of piperazine rings is 1. The molecule has 1 aromatic heterocycles. The van der Waals surface area contributed by atoms with Crippen LogP contribution in [0.4, 0.5) is 5.69 Å². The molecule has 1 unspecified atom stereocenters. The van der Waals surface area contributed by atoms with E-state index in [2.05, 4.69) is 15.4 Å². The summed E-state index contributed by atoms with van der Waals surface area (Å²) in [5.74, 6) is 0.684. The lowest BCUT2D eigenvalue weighted by atomic mass is 10.1. The van der Waals surface area contributed by atoms with E-state index >= 15 is 0 Å². The molecule has 0 spiro atoms. The van der Waals surface area contributed by atoms with Crippen LogP contribution >= 0.6 is 11.6 Å². The number of halogens is 1. The Morgan fingerprint density at radius 2 is 2.25 bits per heavy atom. The van der Waals surface area contributed by atoms with Gasteiger partial charge in [0.15, 0.2) is 5.96 Å². The van der Waals surface area contributed by atoms with Crippen molar-refractivity contribution in [2.75, 3.05) is 45.2 Å². The lowest BCUT2D eigenvalue weighted by Gasteiger charge is -2.35. The molecule has 1 aromatic carbocycles. The largest absolute Gasteiger partial charge is 0.375 e. The van der Waals surface area contributed by atoms with Crippen molar-refractivity contribution < 1.29 is 9.53 Å². The predicted octanol–water partition coefficient (Wildman–Crippen LogP) is 1.69. The van der Waals surface area contributed by atoms with Crippen molar-refractivity contribution in [3.63, 3.8) is 0 Å². The van der Waals surface area contributed by atoms with Gasteiger partial charge >= 0.3 is 0 Å². The Balaban J connectivity index is 1.60. The van der Waals surface area contributed by atoms with Crippen molar-refractivity contribution >= 4 is 29.2 Å². The van der Waals surface area contributed by atoms with Crippen LogP contribution in [0.5, 0.6) is 0 Å². The third kappa shape index (κ3) is 4.63. The number of aliphatic imine (C=N–C) groups is 1. The SMILES string of the molecule is CN=C(NCC(OC)c1cccc(Cl)c1)N1CCN(c2cnn(C)c2)C(=O)C1. The number of aromatic nitrogens is 2. The van der Waals surface area contributed by atoms with E-state index in [1.165, 1.54) is 0 Å². The maximum absolute atomic E-state index is 12.6. The zero-order valence-electron chi connectivity index (χ0n) is 16.3. The highest BCUT2D eigenvalue weighted by atomic mass is 35.5. The summed E-state index contributed by atoms with van der Waals surface area (Å²) in [6.07, 6.45) is 3.37. The van der Waals surface area contributed by atoms with E-state index < -0.39 is 0 Å². The van der Waals surface area contributed by atoms with Crippen LogP contribution in [0.1, 0.15) is 11.7 Å². The maximum Gasteiger partial charge on any atom is 0.246 e. The zero-order valence-corrected chi connectivity index (χ0v) is 17.1. The molecule has 0 bridgehead atoms. The number of benzene rings is 1. The number of rotatable bonds is 5. The molecule has 3 rings (SSSR count). The normalized spacial score (nSPS) is 16.4. The van der Waals surface area contributed by atoms with Crippen molar-refractivity contribution in [2.45, 2.75) is 6.10 Å². The van der Waals surface area contributed by atoms with Crippen molar-refractivity contribution in [1.82, 2.24) is 20.0 Å². The average molecular weight is 405 g/mol. The van der Waals surface area contributed by atoms with Gasteiger partial charge in [-0.25, -0.2) is 0 Å². The van der Waals surface area contributed by atoms with Crippen LogP contribution in [0.15, 0.2) is 41.7 Å². The quantitative estimate of drug-likeness (QED) is 0.606. The molecule has 8 nitrogen and oxygen atoms in total. The van der Waals surface area contributed by atoms with Gasteiger partial charge < -0.3 is 19.9 Å². The summed E-state index contributed by atoms with van der Waals surface area (Å²) < 4.78 is 7.28. The smallest absolute Gasteiger partial charge is 0.246 e. The molecule has 2 heterocycles. The molecule has 1 fully saturated rings. The van der Waals surface area contributed by atoms with Crippen molar-refractivity contribution in [3.8, 4) is 0 Å². The minimum Gasteiger partial charge on any atom is -0.375 e. The lowest BCUT2D eigenvalue weighted by molar-refractivity contribution is -0.120. The molecule has 1 atom stereocenters. The Bertz CT molecular complexity index is 852. The standard InChI is InChI=1S/C19H25ClN6O2/c1-21-19(22-11-17(28-3)14-5-4-6-15(20)9-14)25-7-8-26(18(27)13-25)16-10-23-24(2)12-16/h4-6,9-10,12,17H,7-8,11,13H2,1-3H3,(H,21,22). The molecular formula is C19H25ClN6O2. The molecule has 1 amide bonds. The summed E-state index contributed by atoms with van der Waals surface area (Å²) in [6.45, 7) is 2.02. The summed E-state index contributed by atoms with van der Waals surface area (Å²) in [6, 6.07) is 7.59. The lowest BCUT2D eigenvalue weighted by Crippen LogP contribution is -2.55. The van der Waals surface area contributed by atoms with E-state index in [9.17, 15) is 4.79 Å². The second-order valence-corrected chi connectivity index (χ2v) is 6.98. The second-order valence-electron chi connectivity index (χ2n) is 6.55. The summed E-state index contributed by atoms with van der Waals surface area (Å²) in [5.41, 5.74) is 1.80. The van der Waals surface area contributed by atoms with Crippen molar-refractivity contribution in [2.24, 2.45) is 12.0 Å². The molecular weight excluding hydrogens is 380 g/mol. The molecule has 1 aliphatic rings. The van der Waals surface area contributed by atoms with Gasteiger partial charge in [0.05, 0.1) is 18.0 Å². The Hall–Kier alpha value is -2.58. The second kappa shape index (κ2) is 9.07. The Labute approximate surface area is 169 Å². The molecule has 0 saturated carbocycles. The van der Waals surface area contributed by atoms with Crippen molar-refractivity contribution in [3.05, 3.63) is 47.2 Å². The number of aryl methyl sites for hydroxylation is 1. The third-order valence-electron chi connectivity index (χ3n) is 4.69. The fourth-order valence-corrected chi connectivity index (χ4v) is 3.43. The van der Waals surface area contributed by atoms with Crippen molar-refractivity contribution in [1.29, 1.82) is 0 Å². The number of carbonyl (C=O) groups excluding carboxylic acids is 1. The number of nitrogens with zero attached hydrogens (tertiary/aromatic N) is 5. The summed E-state index contributed by atoms with van der Waals surface area (Å²) in [7, 11) is 5.20. The number of ether oxygens (including phenoxy) is 1. The van der Waals surface area contributed by atoms with Crippen LogP contribution in [-0.4, -0.2) is 66.9 Å². The van der Waals surface area contributed by atoms with E-state index in [4.69, 9.17) is 16.3 Å². The summed E-state index contributed by atoms with van der Waals surface area (Å²) in [5, 5.41) is 8.12. The molecule has 1 saturated heterocycles. The van der Waals surface area contributed by atoms with Crippen LogP contribution in [0.2, 0.25) is 5.02 Å². The minimum atomic E-state index is -0.178. The van der Waals surface area contributed by atoms with Crippen LogP contribution in [0.25, 0.3) is 0 Å². The van der Waals surface area contributed by atoms with Crippen LogP contribution in [0, 0.1) is 0 Å². The fraction of sp³-hybridized carbons (Fsp3) is 0.421. The van der Waals surface area contributed by atoms with Crippen LogP contribution in [0.3, 0.4) is 0 Å². The van der Waals surface area contributed by atoms with Gasteiger partial charge in [0.25, 0.3) is 0 Å². The molecule has 0 aliphatic carbocycles. The van der Waals surface area contributed by atoms with Gasteiger partial charge in [-0.3, -0.25) is 14.5 Å². The Morgan fingerprint density at radius 1 is 1.43 bits per heavy atom. The highest BCUT2D eigenvalue weighted by Gasteiger charge is 2.28. The topological polar surface area (TPSA) is 75.0 Å². The molecule has 1 N–H and O–H groups in total. The molecule has 9 heteroatoms. The van der Waals surface area contributed by atoms with Gasteiger partial charge in [-0.05, 0) is 17.7 Å². The van der Waals surface area contributed by atoms with Gasteiger partial charge in [0.1, 0.15) is 6.54 Å². The molecule has 28 heavy (non-hydrogen) atoms. The fourth-order valence-electron chi connectivity index (χ4n) is 3.24. The summed E-state index contributed by atoms with van der Waals surface area (Å²) in [4.78, 5) is 20.6. The van der Waals surface area contributed by atoms with E-state index in [-0.39, 0.29) is 18.6 Å². The first-order chi connectivity index (χ1) is 13.5. The Morgan fingerprint density at radius 3 is 2.86 bits per heavy atom. The first kappa shape index (κ1) is 20.2. The van der Waals surface area contributed by atoms with Gasteiger partial charge in [0.2, 0.25) is 5.91 Å². The number of hydrogen-bond acceptors (Lipinski definition) is 4.